The lowest BCUT2D eigenvalue weighted by Gasteiger charge is -2.06. The monoisotopic (exact) mass is 348 g/mol. The topological polar surface area (TPSA) is 58.2 Å². The quantitative estimate of drug-likeness (QED) is 0.638. The molecule has 0 saturated heterocycles. The molecule has 1 aliphatic carbocycles. The van der Waals surface area contributed by atoms with E-state index in [1.165, 1.54) is 17.2 Å². The smallest absolute Gasteiger partial charge is 0.262 e. The molecule has 2 N–H and O–H groups in total. The van der Waals surface area contributed by atoms with Gasteiger partial charge in [0.15, 0.2) is 0 Å². The molecule has 4 nitrogen and oxygen atoms in total. The van der Waals surface area contributed by atoms with E-state index in [2.05, 4.69) is 36.8 Å². The molecule has 134 valence electrons. The highest BCUT2D eigenvalue weighted by Gasteiger charge is 2.43. The van der Waals surface area contributed by atoms with Crippen molar-refractivity contribution in [3.63, 3.8) is 0 Å². The zero-order chi connectivity index (χ0) is 18.5. The summed E-state index contributed by atoms with van der Waals surface area (Å²) in [4.78, 5) is 24.0. The Hall–Kier alpha value is -2.88. The van der Waals surface area contributed by atoms with Gasteiger partial charge in [0.25, 0.3) is 5.91 Å². The van der Waals surface area contributed by atoms with E-state index in [1.807, 2.05) is 42.5 Å². The van der Waals surface area contributed by atoms with Crippen molar-refractivity contribution in [2.45, 2.75) is 32.1 Å². The first-order chi connectivity index (χ1) is 12.5. The Morgan fingerprint density at radius 3 is 2.35 bits per heavy atom. The molecule has 1 saturated carbocycles. The fourth-order valence-corrected chi connectivity index (χ4v) is 2.97. The molecular formula is C22H24N2O2. The first kappa shape index (κ1) is 17.9. The lowest BCUT2D eigenvalue weighted by Crippen LogP contribution is -2.41. The van der Waals surface area contributed by atoms with Crippen molar-refractivity contribution in [2.24, 2.45) is 5.92 Å². The Bertz CT molecular complexity index is 795. The van der Waals surface area contributed by atoms with Crippen LogP contribution in [0.4, 0.5) is 0 Å². The molecule has 2 atom stereocenters. The largest absolute Gasteiger partial charge is 0.273 e. The average molecular weight is 348 g/mol. The standard InChI is InChI=1S/C22H24N2O2/c1-15(2)17-11-8-16(9-12-17)10-13-21(25)23-24-22(26)20-14-19(20)18-6-4-3-5-7-18/h3-13,15,19-20H,14H2,1-2H3,(H,23,25)(H,24,26)/b13-10+/t19-,20-/m1/s1. The third kappa shape index (κ3) is 4.60. The maximum atomic E-state index is 12.1. The Kier molecular flexibility index (Phi) is 5.52. The number of rotatable bonds is 5. The predicted molar refractivity (Wildman–Crippen MR) is 103 cm³/mol. The van der Waals surface area contributed by atoms with Crippen LogP contribution in [-0.2, 0) is 9.59 Å². The molecular weight excluding hydrogens is 324 g/mol. The van der Waals surface area contributed by atoms with Crippen LogP contribution in [0, 0.1) is 5.92 Å². The minimum atomic E-state index is -0.344. The summed E-state index contributed by atoms with van der Waals surface area (Å²) in [5, 5.41) is 0. The van der Waals surface area contributed by atoms with Gasteiger partial charge in [0, 0.05) is 12.0 Å². The van der Waals surface area contributed by atoms with Gasteiger partial charge >= 0.3 is 0 Å². The number of carbonyl (C=O) groups excluding carboxylic acids is 2. The van der Waals surface area contributed by atoms with Gasteiger partial charge in [0.2, 0.25) is 5.91 Å². The summed E-state index contributed by atoms with van der Waals surface area (Å²) >= 11 is 0. The van der Waals surface area contributed by atoms with Gasteiger partial charge in [0.05, 0.1) is 0 Å². The number of hydrazine groups is 1. The van der Waals surface area contributed by atoms with Gasteiger partial charge in [-0.15, -0.1) is 0 Å². The van der Waals surface area contributed by atoms with Crippen molar-refractivity contribution in [3.05, 3.63) is 77.4 Å². The van der Waals surface area contributed by atoms with Crippen molar-refractivity contribution >= 4 is 17.9 Å². The molecule has 2 amide bonds. The van der Waals surface area contributed by atoms with Crippen LogP contribution in [-0.4, -0.2) is 11.8 Å². The highest BCUT2D eigenvalue weighted by molar-refractivity contribution is 5.93. The molecule has 0 spiro atoms. The molecule has 0 bridgehead atoms. The van der Waals surface area contributed by atoms with E-state index in [4.69, 9.17) is 0 Å². The molecule has 0 radical (unpaired) electrons. The van der Waals surface area contributed by atoms with Crippen LogP contribution < -0.4 is 10.9 Å². The van der Waals surface area contributed by atoms with E-state index >= 15 is 0 Å². The molecule has 1 aliphatic rings. The van der Waals surface area contributed by atoms with E-state index < -0.39 is 0 Å². The number of carbonyl (C=O) groups is 2. The zero-order valence-electron chi connectivity index (χ0n) is 15.1. The fourth-order valence-electron chi connectivity index (χ4n) is 2.97. The van der Waals surface area contributed by atoms with Crippen LogP contribution in [0.3, 0.4) is 0 Å². The van der Waals surface area contributed by atoms with Crippen LogP contribution in [0.2, 0.25) is 0 Å². The van der Waals surface area contributed by atoms with Crippen molar-refractivity contribution in [2.75, 3.05) is 0 Å². The molecule has 0 unspecified atom stereocenters. The molecule has 1 fully saturated rings. The molecule has 0 heterocycles. The van der Waals surface area contributed by atoms with Gasteiger partial charge < -0.3 is 0 Å². The van der Waals surface area contributed by atoms with E-state index in [9.17, 15) is 9.59 Å². The number of hydrogen-bond acceptors (Lipinski definition) is 2. The second-order valence-corrected chi connectivity index (χ2v) is 6.99. The highest BCUT2D eigenvalue weighted by atomic mass is 16.2. The SMILES string of the molecule is CC(C)c1ccc(/C=C/C(=O)NNC(=O)[C@@H]2C[C@@H]2c2ccccc2)cc1. The van der Waals surface area contributed by atoms with Gasteiger partial charge in [0.1, 0.15) is 0 Å². The third-order valence-electron chi connectivity index (χ3n) is 4.69. The maximum absolute atomic E-state index is 12.1. The van der Waals surface area contributed by atoms with Crippen LogP contribution in [0.25, 0.3) is 6.08 Å². The van der Waals surface area contributed by atoms with Gasteiger partial charge in [-0.2, -0.15) is 0 Å². The molecule has 4 heteroatoms. The summed E-state index contributed by atoms with van der Waals surface area (Å²) < 4.78 is 0. The average Bonchev–Trinajstić information content (AvgIpc) is 3.46. The highest BCUT2D eigenvalue weighted by Crippen LogP contribution is 2.47. The Morgan fingerprint density at radius 1 is 1.00 bits per heavy atom. The molecule has 2 aromatic carbocycles. The zero-order valence-corrected chi connectivity index (χ0v) is 15.1. The van der Waals surface area contributed by atoms with Crippen molar-refractivity contribution < 1.29 is 9.59 Å². The molecule has 3 rings (SSSR count). The van der Waals surface area contributed by atoms with Crippen LogP contribution in [0.15, 0.2) is 60.7 Å². The van der Waals surface area contributed by atoms with Crippen molar-refractivity contribution in [1.29, 1.82) is 0 Å². The number of benzene rings is 2. The minimum absolute atomic E-state index is 0.0646. The van der Waals surface area contributed by atoms with Crippen LogP contribution in [0.1, 0.15) is 48.8 Å². The lowest BCUT2D eigenvalue weighted by atomic mass is 10.0. The normalized spacial score (nSPS) is 18.7. The Labute approximate surface area is 154 Å². The van der Waals surface area contributed by atoms with Gasteiger partial charge in [-0.25, -0.2) is 0 Å². The van der Waals surface area contributed by atoms with Gasteiger partial charge in [-0.3, -0.25) is 20.4 Å². The summed E-state index contributed by atoms with van der Waals surface area (Å²) in [7, 11) is 0. The predicted octanol–water partition coefficient (Wildman–Crippen LogP) is 3.77. The maximum Gasteiger partial charge on any atom is 0.262 e. The minimum Gasteiger partial charge on any atom is -0.273 e. The molecule has 2 aromatic rings. The van der Waals surface area contributed by atoms with E-state index in [0.29, 0.717) is 5.92 Å². The van der Waals surface area contributed by atoms with E-state index in [1.54, 1.807) is 6.08 Å². The first-order valence-corrected chi connectivity index (χ1v) is 8.97. The fraction of sp³-hybridized carbons (Fsp3) is 0.273. The molecule has 0 aromatic heterocycles. The summed E-state index contributed by atoms with van der Waals surface area (Å²) in [5.41, 5.74) is 8.34. The van der Waals surface area contributed by atoms with Crippen LogP contribution >= 0.6 is 0 Å². The number of nitrogens with one attached hydrogen (secondary N) is 2. The van der Waals surface area contributed by atoms with E-state index in [0.717, 1.165) is 12.0 Å². The summed E-state index contributed by atoms with van der Waals surface area (Å²) in [6.45, 7) is 4.28. The van der Waals surface area contributed by atoms with Gasteiger partial charge in [-0.1, -0.05) is 68.4 Å². The first-order valence-electron chi connectivity index (χ1n) is 8.97. The van der Waals surface area contributed by atoms with E-state index in [-0.39, 0.29) is 23.7 Å². The Morgan fingerprint density at radius 2 is 1.69 bits per heavy atom. The van der Waals surface area contributed by atoms with Crippen molar-refractivity contribution in [1.82, 2.24) is 10.9 Å². The van der Waals surface area contributed by atoms with Gasteiger partial charge in [-0.05, 0) is 41.0 Å². The third-order valence-corrected chi connectivity index (χ3v) is 4.69. The molecule has 26 heavy (non-hydrogen) atoms. The van der Waals surface area contributed by atoms with Crippen LogP contribution in [0.5, 0.6) is 0 Å². The number of amides is 2. The second-order valence-electron chi connectivity index (χ2n) is 6.99. The summed E-state index contributed by atoms with van der Waals surface area (Å²) in [6, 6.07) is 18.0. The number of hydrogen-bond donors (Lipinski definition) is 2. The summed E-state index contributed by atoms with van der Waals surface area (Å²) in [5.74, 6) is 0.187. The molecule has 0 aliphatic heterocycles. The Balaban J connectivity index is 1.45. The van der Waals surface area contributed by atoms with Crippen molar-refractivity contribution in [3.8, 4) is 0 Å². The lowest BCUT2D eigenvalue weighted by molar-refractivity contribution is -0.127. The summed E-state index contributed by atoms with van der Waals surface area (Å²) in [6.07, 6.45) is 3.98. The second kappa shape index (κ2) is 8.00.